The highest BCUT2D eigenvalue weighted by Gasteiger charge is 2.17. The van der Waals surface area contributed by atoms with E-state index in [1.54, 1.807) is 19.1 Å². The summed E-state index contributed by atoms with van der Waals surface area (Å²) in [4.78, 5) is 23.3. The van der Waals surface area contributed by atoms with Crippen LogP contribution in [-0.4, -0.2) is 10.8 Å². The summed E-state index contributed by atoms with van der Waals surface area (Å²) in [5.74, 6) is -0.222. The molecule has 6 heteroatoms. The Kier molecular flexibility index (Phi) is 4.14. The first-order valence-corrected chi connectivity index (χ1v) is 7.04. The van der Waals surface area contributed by atoms with Crippen molar-refractivity contribution >= 4 is 28.6 Å². The van der Waals surface area contributed by atoms with E-state index in [1.807, 2.05) is 18.4 Å². The largest absolute Gasteiger partial charge is 0.321 e. The van der Waals surface area contributed by atoms with E-state index >= 15 is 0 Å². The van der Waals surface area contributed by atoms with Crippen LogP contribution in [-0.2, 0) is 6.42 Å². The van der Waals surface area contributed by atoms with Gasteiger partial charge in [0.25, 0.3) is 11.6 Å². The highest BCUT2D eigenvalue weighted by molar-refractivity contribution is 7.12. The van der Waals surface area contributed by atoms with Crippen molar-refractivity contribution < 1.29 is 9.72 Å². The first-order valence-electron chi connectivity index (χ1n) is 6.16. The first-order chi connectivity index (χ1) is 9.54. The molecule has 1 aromatic carbocycles. The minimum atomic E-state index is -0.451. The molecule has 5 nitrogen and oxygen atoms in total. The van der Waals surface area contributed by atoms with Crippen molar-refractivity contribution in [3.8, 4) is 0 Å². The van der Waals surface area contributed by atoms with E-state index in [9.17, 15) is 14.9 Å². The van der Waals surface area contributed by atoms with Gasteiger partial charge in [-0.1, -0.05) is 13.0 Å². The van der Waals surface area contributed by atoms with Crippen LogP contribution in [0.25, 0.3) is 0 Å². The van der Waals surface area contributed by atoms with E-state index in [1.165, 1.54) is 17.4 Å². The normalized spacial score (nSPS) is 10.3. The molecular formula is C14H14N2O3S. The number of benzene rings is 1. The molecular weight excluding hydrogens is 276 g/mol. The molecule has 0 atom stereocenters. The maximum absolute atomic E-state index is 12.2. The van der Waals surface area contributed by atoms with Gasteiger partial charge in [0.15, 0.2) is 0 Å². The maximum Gasteiger partial charge on any atom is 0.274 e. The second kappa shape index (κ2) is 5.83. The standard InChI is InChI=1S/C14H14N2O3S/c1-3-10-7-8-20-13(10)14(17)15-11-5-4-6-12(9(11)2)16(18)19/h4-8H,3H2,1-2H3,(H,15,17). The molecule has 1 N–H and O–H groups in total. The lowest BCUT2D eigenvalue weighted by Gasteiger charge is -2.08. The van der Waals surface area contributed by atoms with Crippen molar-refractivity contribution in [1.82, 2.24) is 0 Å². The van der Waals surface area contributed by atoms with Crippen molar-refractivity contribution in [3.63, 3.8) is 0 Å². The predicted octanol–water partition coefficient (Wildman–Crippen LogP) is 3.78. The van der Waals surface area contributed by atoms with E-state index in [-0.39, 0.29) is 11.6 Å². The maximum atomic E-state index is 12.2. The number of amides is 1. The smallest absolute Gasteiger partial charge is 0.274 e. The van der Waals surface area contributed by atoms with Crippen LogP contribution in [0.15, 0.2) is 29.6 Å². The molecule has 0 aliphatic heterocycles. The Hall–Kier alpha value is -2.21. The molecule has 0 spiro atoms. The molecule has 1 aromatic heterocycles. The van der Waals surface area contributed by atoms with Gasteiger partial charge in [-0.15, -0.1) is 11.3 Å². The minimum absolute atomic E-state index is 0.00435. The van der Waals surface area contributed by atoms with Gasteiger partial charge < -0.3 is 5.32 Å². The fourth-order valence-corrected chi connectivity index (χ4v) is 2.84. The zero-order valence-electron chi connectivity index (χ0n) is 11.2. The van der Waals surface area contributed by atoms with Crippen LogP contribution < -0.4 is 5.32 Å². The molecule has 0 bridgehead atoms. The summed E-state index contributed by atoms with van der Waals surface area (Å²) < 4.78 is 0. The van der Waals surface area contributed by atoms with Crippen molar-refractivity contribution in [2.24, 2.45) is 0 Å². The van der Waals surface area contributed by atoms with Crippen molar-refractivity contribution in [3.05, 3.63) is 55.8 Å². The molecule has 1 heterocycles. The number of nitro benzene ring substituents is 1. The minimum Gasteiger partial charge on any atom is -0.321 e. The van der Waals surface area contributed by atoms with Gasteiger partial charge in [-0.05, 0) is 36.4 Å². The molecule has 2 rings (SSSR count). The number of nitro groups is 1. The Balaban J connectivity index is 2.29. The molecule has 0 fully saturated rings. The number of nitrogens with zero attached hydrogens (tertiary/aromatic N) is 1. The number of rotatable bonds is 4. The number of nitrogens with one attached hydrogen (secondary N) is 1. The second-order valence-electron chi connectivity index (χ2n) is 4.29. The van der Waals surface area contributed by atoms with Crippen LogP contribution in [0.2, 0.25) is 0 Å². The van der Waals surface area contributed by atoms with Gasteiger partial charge in [0.05, 0.1) is 21.1 Å². The van der Waals surface area contributed by atoms with Crippen molar-refractivity contribution in [1.29, 1.82) is 0 Å². The van der Waals surface area contributed by atoms with Crippen molar-refractivity contribution in [2.45, 2.75) is 20.3 Å². The van der Waals surface area contributed by atoms with Crippen LogP contribution >= 0.6 is 11.3 Å². The lowest BCUT2D eigenvalue weighted by molar-refractivity contribution is -0.385. The zero-order valence-corrected chi connectivity index (χ0v) is 12.0. The van der Waals surface area contributed by atoms with E-state index < -0.39 is 4.92 Å². The highest BCUT2D eigenvalue weighted by Crippen LogP contribution is 2.26. The number of hydrogen-bond acceptors (Lipinski definition) is 4. The summed E-state index contributed by atoms with van der Waals surface area (Å²) in [6.45, 7) is 3.61. The zero-order chi connectivity index (χ0) is 14.7. The number of thiophene rings is 1. The predicted molar refractivity (Wildman–Crippen MR) is 79.5 cm³/mol. The van der Waals surface area contributed by atoms with Crippen LogP contribution in [0.3, 0.4) is 0 Å². The van der Waals surface area contributed by atoms with Crippen LogP contribution in [0, 0.1) is 17.0 Å². The van der Waals surface area contributed by atoms with E-state index in [2.05, 4.69) is 5.32 Å². The van der Waals surface area contributed by atoms with Gasteiger partial charge >= 0.3 is 0 Å². The summed E-state index contributed by atoms with van der Waals surface area (Å²) in [6.07, 6.45) is 0.778. The van der Waals surface area contributed by atoms with E-state index in [0.29, 0.717) is 16.1 Å². The molecule has 0 saturated carbocycles. The van der Waals surface area contributed by atoms with Crippen LogP contribution in [0.4, 0.5) is 11.4 Å². The number of aryl methyl sites for hydroxylation is 1. The topological polar surface area (TPSA) is 72.2 Å². The monoisotopic (exact) mass is 290 g/mol. The Morgan fingerprint density at radius 2 is 2.15 bits per heavy atom. The summed E-state index contributed by atoms with van der Waals surface area (Å²) in [5.41, 5.74) is 1.92. The molecule has 2 aromatic rings. The van der Waals surface area contributed by atoms with Gasteiger partial charge in [0.1, 0.15) is 0 Å². The average Bonchev–Trinajstić information content (AvgIpc) is 2.89. The molecule has 20 heavy (non-hydrogen) atoms. The Morgan fingerprint density at radius 1 is 1.40 bits per heavy atom. The van der Waals surface area contributed by atoms with Gasteiger partial charge in [0.2, 0.25) is 0 Å². The Bertz CT molecular complexity index is 664. The third-order valence-electron chi connectivity index (χ3n) is 3.08. The number of anilines is 1. The SMILES string of the molecule is CCc1ccsc1C(=O)Nc1cccc([N+](=O)[O-])c1C. The summed E-state index contributed by atoms with van der Waals surface area (Å²) in [5, 5.41) is 15.5. The third-order valence-corrected chi connectivity index (χ3v) is 4.04. The summed E-state index contributed by atoms with van der Waals surface area (Å²) in [6, 6.07) is 6.57. The average molecular weight is 290 g/mol. The summed E-state index contributed by atoms with van der Waals surface area (Å²) in [7, 11) is 0. The van der Waals surface area contributed by atoms with E-state index in [4.69, 9.17) is 0 Å². The lowest BCUT2D eigenvalue weighted by atomic mass is 10.1. The quantitative estimate of drug-likeness (QED) is 0.688. The van der Waals surface area contributed by atoms with Crippen molar-refractivity contribution in [2.75, 3.05) is 5.32 Å². The molecule has 1 amide bonds. The molecule has 0 unspecified atom stereocenters. The van der Waals surface area contributed by atoms with E-state index in [0.717, 1.165) is 12.0 Å². The number of hydrogen-bond donors (Lipinski definition) is 1. The lowest BCUT2D eigenvalue weighted by Crippen LogP contribution is -2.13. The molecule has 0 aliphatic carbocycles. The molecule has 104 valence electrons. The Labute approximate surface area is 120 Å². The van der Waals surface area contributed by atoms with Gasteiger partial charge in [0, 0.05) is 6.07 Å². The fourth-order valence-electron chi connectivity index (χ4n) is 1.95. The van der Waals surface area contributed by atoms with Gasteiger partial charge in [-0.2, -0.15) is 0 Å². The second-order valence-corrected chi connectivity index (χ2v) is 5.21. The highest BCUT2D eigenvalue weighted by atomic mass is 32.1. The summed E-state index contributed by atoms with van der Waals surface area (Å²) >= 11 is 1.37. The van der Waals surface area contributed by atoms with Crippen LogP contribution in [0.5, 0.6) is 0 Å². The fraction of sp³-hybridized carbons (Fsp3) is 0.214. The van der Waals surface area contributed by atoms with Gasteiger partial charge in [-0.25, -0.2) is 0 Å². The number of carbonyl (C=O) groups is 1. The van der Waals surface area contributed by atoms with Crippen LogP contribution in [0.1, 0.15) is 27.7 Å². The molecule has 0 saturated heterocycles. The third kappa shape index (κ3) is 2.70. The Morgan fingerprint density at radius 3 is 2.80 bits per heavy atom. The first kappa shape index (κ1) is 14.2. The molecule has 0 aliphatic rings. The molecule has 0 radical (unpaired) electrons. The van der Waals surface area contributed by atoms with Gasteiger partial charge in [-0.3, -0.25) is 14.9 Å². The number of carbonyl (C=O) groups excluding carboxylic acids is 1.